The molecule has 1 N–H and O–H groups in total. The molecule has 1 aliphatic carbocycles. The molecule has 0 unspecified atom stereocenters. The maximum atomic E-state index is 3.65. The highest BCUT2D eigenvalue weighted by molar-refractivity contribution is 5.87. The molecular formula is C15H20N2. The third-order valence-corrected chi connectivity index (χ3v) is 3.99. The Balaban J connectivity index is 1.92. The van der Waals surface area contributed by atoms with Crippen LogP contribution >= 0.6 is 0 Å². The van der Waals surface area contributed by atoms with Crippen LogP contribution in [-0.4, -0.2) is 10.6 Å². The van der Waals surface area contributed by atoms with E-state index in [0.717, 1.165) is 12.6 Å². The van der Waals surface area contributed by atoms with E-state index in [-0.39, 0.29) is 0 Å². The highest BCUT2D eigenvalue weighted by Crippen LogP contribution is 2.25. The molecule has 0 saturated heterocycles. The molecule has 17 heavy (non-hydrogen) atoms. The zero-order chi connectivity index (χ0) is 11.8. The van der Waals surface area contributed by atoms with Crippen molar-refractivity contribution in [2.24, 2.45) is 7.05 Å². The number of hydrogen-bond acceptors (Lipinski definition) is 1. The monoisotopic (exact) mass is 228 g/mol. The predicted octanol–water partition coefficient (Wildman–Crippen LogP) is 3.13. The fourth-order valence-electron chi connectivity index (χ4n) is 2.73. The Hall–Kier alpha value is -1.28. The molecule has 1 aromatic heterocycles. The first-order valence-electron chi connectivity index (χ1n) is 6.52. The minimum atomic E-state index is 0.759. The Morgan fingerprint density at radius 1 is 1.35 bits per heavy atom. The lowest BCUT2D eigenvalue weighted by Gasteiger charge is -2.26. The molecule has 0 amide bonds. The van der Waals surface area contributed by atoms with Crippen molar-refractivity contribution in [3.8, 4) is 0 Å². The normalized spacial score (nSPS) is 16.4. The summed E-state index contributed by atoms with van der Waals surface area (Å²) < 4.78 is 2.24. The summed E-state index contributed by atoms with van der Waals surface area (Å²) in [5.41, 5.74) is 4.16. The number of aryl methyl sites for hydroxylation is 2. The van der Waals surface area contributed by atoms with Gasteiger partial charge in [-0.3, -0.25) is 0 Å². The second kappa shape index (κ2) is 4.19. The van der Waals surface area contributed by atoms with Crippen molar-refractivity contribution in [2.75, 3.05) is 0 Å². The van der Waals surface area contributed by atoms with Gasteiger partial charge in [-0.05, 0) is 37.0 Å². The van der Waals surface area contributed by atoms with Crippen LogP contribution in [0.4, 0.5) is 0 Å². The van der Waals surface area contributed by atoms with Crippen LogP contribution in [0.5, 0.6) is 0 Å². The average Bonchev–Trinajstić information content (AvgIpc) is 2.55. The lowest BCUT2D eigenvalue weighted by Crippen LogP contribution is -2.34. The van der Waals surface area contributed by atoms with Gasteiger partial charge in [0, 0.05) is 36.7 Å². The summed E-state index contributed by atoms with van der Waals surface area (Å²) >= 11 is 0. The van der Waals surface area contributed by atoms with Crippen molar-refractivity contribution in [3.05, 3.63) is 35.5 Å². The van der Waals surface area contributed by atoms with Crippen molar-refractivity contribution < 1.29 is 0 Å². The summed E-state index contributed by atoms with van der Waals surface area (Å²) in [7, 11) is 2.13. The summed E-state index contributed by atoms with van der Waals surface area (Å²) in [6.45, 7) is 3.21. The van der Waals surface area contributed by atoms with E-state index in [1.807, 2.05) is 0 Å². The van der Waals surface area contributed by atoms with E-state index in [1.165, 1.54) is 41.3 Å². The molecule has 0 bridgehead atoms. The van der Waals surface area contributed by atoms with Crippen molar-refractivity contribution >= 4 is 10.9 Å². The fourth-order valence-corrected chi connectivity index (χ4v) is 2.73. The summed E-state index contributed by atoms with van der Waals surface area (Å²) in [6.07, 6.45) is 6.36. The number of rotatable bonds is 3. The van der Waals surface area contributed by atoms with Gasteiger partial charge in [-0.25, -0.2) is 0 Å². The summed E-state index contributed by atoms with van der Waals surface area (Å²) in [5.74, 6) is 0. The maximum Gasteiger partial charge on any atom is 0.0483 e. The van der Waals surface area contributed by atoms with Crippen LogP contribution in [0.25, 0.3) is 10.9 Å². The van der Waals surface area contributed by atoms with Crippen LogP contribution in [-0.2, 0) is 13.6 Å². The maximum absolute atomic E-state index is 3.65. The smallest absolute Gasteiger partial charge is 0.0483 e. The number of hydrogen-bond donors (Lipinski definition) is 1. The van der Waals surface area contributed by atoms with Gasteiger partial charge in [-0.2, -0.15) is 0 Å². The Morgan fingerprint density at radius 3 is 2.88 bits per heavy atom. The van der Waals surface area contributed by atoms with Crippen LogP contribution in [0.1, 0.15) is 30.4 Å². The minimum Gasteiger partial charge on any atom is -0.350 e. The van der Waals surface area contributed by atoms with E-state index in [2.05, 4.69) is 48.3 Å². The molecule has 90 valence electrons. The van der Waals surface area contributed by atoms with Crippen molar-refractivity contribution in [3.63, 3.8) is 0 Å². The zero-order valence-electron chi connectivity index (χ0n) is 10.7. The first kappa shape index (κ1) is 10.8. The van der Waals surface area contributed by atoms with Crippen molar-refractivity contribution in [1.29, 1.82) is 0 Å². The Bertz CT molecular complexity index is 535. The second-order valence-corrected chi connectivity index (χ2v) is 5.24. The van der Waals surface area contributed by atoms with Gasteiger partial charge in [0.25, 0.3) is 0 Å². The molecule has 2 heteroatoms. The van der Waals surface area contributed by atoms with Gasteiger partial charge >= 0.3 is 0 Å². The molecule has 3 rings (SSSR count). The summed E-state index contributed by atoms with van der Waals surface area (Å²) in [6, 6.07) is 7.31. The molecule has 1 aliphatic rings. The van der Waals surface area contributed by atoms with Gasteiger partial charge in [0.1, 0.15) is 0 Å². The lowest BCUT2D eigenvalue weighted by molar-refractivity contribution is 0.338. The number of aromatic nitrogens is 1. The molecule has 1 saturated carbocycles. The van der Waals surface area contributed by atoms with E-state index in [9.17, 15) is 0 Å². The number of nitrogens with zero attached hydrogens (tertiary/aromatic N) is 1. The SMILES string of the molecule is Cc1cccc2c1c(CNC1CCC1)cn2C. The van der Waals surface area contributed by atoms with Crippen LogP contribution < -0.4 is 5.32 Å². The fraction of sp³-hybridized carbons (Fsp3) is 0.467. The highest BCUT2D eigenvalue weighted by atomic mass is 15.0. The molecule has 0 spiro atoms. The zero-order valence-corrected chi connectivity index (χ0v) is 10.7. The number of nitrogens with one attached hydrogen (secondary N) is 1. The van der Waals surface area contributed by atoms with E-state index in [0.29, 0.717) is 0 Å². The molecule has 2 aromatic rings. The summed E-state index contributed by atoms with van der Waals surface area (Å²) in [4.78, 5) is 0. The van der Waals surface area contributed by atoms with E-state index >= 15 is 0 Å². The predicted molar refractivity (Wildman–Crippen MR) is 72.1 cm³/mol. The van der Waals surface area contributed by atoms with Crippen LogP contribution in [0, 0.1) is 6.92 Å². The Morgan fingerprint density at radius 2 is 2.18 bits per heavy atom. The van der Waals surface area contributed by atoms with Gasteiger partial charge in [-0.1, -0.05) is 18.6 Å². The molecule has 1 aromatic carbocycles. The third kappa shape index (κ3) is 1.87. The average molecular weight is 228 g/mol. The quantitative estimate of drug-likeness (QED) is 0.854. The number of benzene rings is 1. The topological polar surface area (TPSA) is 17.0 Å². The van der Waals surface area contributed by atoms with Gasteiger partial charge in [0.2, 0.25) is 0 Å². The third-order valence-electron chi connectivity index (χ3n) is 3.99. The van der Waals surface area contributed by atoms with Crippen molar-refractivity contribution in [2.45, 2.75) is 38.8 Å². The molecule has 1 heterocycles. The summed E-state index contributed by atoms with van der Waals surface area (Å²) in [5, 5.41) is 5.09. The second-order valence-electron chi connectivity index (χ2n) is 5.24. The Kier molecular flexibility index (Phi) is 2.67. The standard InChI is InChI=1S/C15H20N2/c1-11-5-3-8-14-15(11)12(10-17(14)2)9-16-13-6-4-7-13/h3,5,8,10,13,16H,4,6-7,9H2,1-2H3. The van der Waals surface area contributed by atoms with Gasteiger partial charge < -0.3 is 9.88 Å². The van der Waals surface area contributed by atoms with Crippen LogP contribution in [0.3, 0.4) is 0 Å². The minimum absolute atomic E-state index is 0.759. The van der Waals surface area contributed by atoms with Crippen molar-refractivity contribution in [1.82, 2.24) is 9.88 Å². The molecular weight excluding hydrogens is 208 g/mol. The number of fused-ring (bicyclic) bond motifs is 1. The van der Waals surface area contributed by atoms with E-state index in [4.69, 9.17) is 0 Å². The highest BCUT2D eigenvalue weighted by Gasteiger charge is 2.17. The van der Waals surface area contributed by atoms with Gasteiger partial charge in [0.15, 0.2) is 0 Å². The van der Waals surface area contributed by atoms with Crippen LogP contribution in [0.2, 0.25) is 0 Å². The molecule has 0 radical (unpaired) electrons. The largest absolute Gasteiger partial charge is 0.350 e. The molecule has 0 aliphatic heterocycles. The van der Waals surface area contributed by atoms with E-state index in [1.54, 1.807) is 0 Å². The molecule has 0 atom stereocenters. The van der Waals surface area contributed by atoms with E-state index < -0.39 is 0 Å². The Labute approximate surface area is 103 Å². The van der Waals surface area contributed by atoms with Crippen LogP contribution in [0.15, 0.2) is 24.4 Å². The molecule has 2 nitrogen and oxygen atoms in total. The first-order chi connectivity index (χ1) is 8.25. The van der Waals surface area contributed by atoms with Gasteiger partial charge in [0.05, 0.1) is 0 Å². The first-order valence-corrected chi connectivity index (χ1v) is 6.52. The molecule has 1 fully saturated rings. The lowest BCUT2D eigenvalue weighted by atomic mass is 9.93. The van der Waals surface area contributed by atoms with Gasteiger partial charge in [-0.15, -0.1) is 0 Å².